The molecule has 2 saturated heterocycles. The van der Waals surface area contributed by atoms with Gasteiger partial charge in [-0.3, -0.25) is 4.79 Å². The molecule has 0 bridgehead atoms. The molecule has 0 radical (unpaired) electrons. The van der Waals surface area contributed by atoms with Gasteiger partial charge < -0.3 is 14.4 Å². The molecule has 1 aromatic carbocycles. The zero-order chi connectivity index (χ0) is 17.7. The predicted octanol–water partition coefficient (Wildman–Crippen LogP) is 3.36. The third-order valence-corrected chi connectivity index (χ3v) is 5.84. The van der Waals surface area contributed by atoms with Crippen LogP contribution in [0.1, 0.15) is 43.7 Å². The summed E-state index contributed by atoms with van der Waals surface area (Å²) < 4.78 is 11.4. The van der Waals surface area contributed by atoms with Gasteiger partial charge in [0.05, 0.1) is 19.3 Å². The topological polar surface area (TPSA) is 38.8 Å². The summed E-state index contributed by atoms with van der Waals surface area (Å²) in [7, 11) is 0. The number of benzene rings is 1. The molecule has 0 aliphatic carbocycles. The fraction of sp³-hybridized carbons (Fsp3) is 0.667. The maximum absolute atomic E-state index is 12.6. The van der Waals surface area contributed by atoms with Crippen molar-refractivity contribution in [3.05, 3.63) is 35.4 Å². The molecule has 0 N–H and O–H groups in total. The number of aryl methyl sites for hydroxylation is 2. The van der Waals surface area contributed by atoms with Crippen LogP contribution in [0, 0.1) is 12.3 Å². The maximum atomic E-state index is 12.6. The van der Waals surface area contributed by atoms with Crippen LogP contribution in [0.4, 0.5) is 0 Å². The average molecular weight is 345 g/mol. The van der Waals surface area contributed by atoms with Crippen LogP contribution in [0.25, 0.3) is 0 Å². The number of nitrogens with zero attached hydrogens (tertiary/aromatic N) is 1. The van der Waals surface area contributed by atoms with Crippen LogP contribution in [0.2, 0.25) is 0 Å². The number of amides is 1. The quantitative estimate of drug-likeness (QED) is 0.793. The standard InChI is InChI=1S/C21H31NO3/c1-3-24-15-19-14-21(16-25-19)10-12-22(13-11-21)20(23)9-8-18-7-5-4-6-17(18)2/h4-7,19H,3,8-16H2,1-2H3/t19-/m1/s1. The van der Waals surface area contributed by atoms with Gasteiger partial charge in [-0.25, -0.2) is 0 Å². The number of hydrogen-bond donors (Lipinski definition) is 0. The summed E-state index contributed by atoms with van der Waals surface area (Å²) in [5, 5.41) is 0. The zero-order valence-corrected chi connectivity index (χ0v) is 15.6. The fourth-order valence-corrected chi connectivity index (χ4v) is 4.12. The Hall–Kier alpha value is -1.39. The first-order valence-electron chi connectivity index (χ1n) is 9.63. The monoisotopic (exact) mass is 345 g/mol. The van der Waals surface area contributed by atoms with Crippen LogP contribution in [0.5, 0.6) is 0 Å². The summed E-state index contributed by atoms with van der Waals surface area (Å²) in [5.41, 5.74) is 2.83. The Morgan fingerprint density at radius 3 is 2.80 bits per heavy atom. The molecule has 1 aromatic rings. The van der Waals surface area contributed by atoms with Crippen molar-refractivity contribution in [3.8, 4) is 0 Å². The Morgan fingerprint density at radius 2 is 2.08 bits per heavy atom. The van der Waals surface area contributed by atoms with E-state index in [0.717, 1.165) is 52.0 Å². The molecule has 25 heavy (non-hydrogen) atoms. The molecule has 4 nitrogen and oxygen atoms in total. The number of carbonyl (C=O) groups excluding carboxylic acids is 1. The highest BCUT2D eigenvalue weighted by atomic mass is 16.5. The fourth-order valence-electron chi connectivity index (χ4n) is 4.12. The zero-order valence-electron chi connectivity index (χ0n) is 15.6. The van der Waals surface area contributed by atoms with Gasteiger partial charge in [-0.2, -0.15) is 0 Å². The van der Waals surface area contributed by atoms with Gasteiger partial charge in [-0.1, -0.05) is 24.3 Å². The summed E-state index contributed by atoms with van der Waals surface area (Å²) in [6.07, 6.45) is 4.90. The molecule has 1 spiro atoms. The van der Waals surface area contributed by atoms with Gasteiger partial charge in [0.1, 0.15) is 0 Å². The second-order valence-corrected chi connectivity index (χ2v) is 7.60. The third kappa shape index (κ3) is 4.62. The molecule has 2 fully saturated rings. The van der Waals surface area contributed by atoms with Crippen LogP contribution in [-0.2, 0) is 20.7 Å². The lowest BCUT2D eigenvalue weighted by molar-refractivity contribution is -0.133. The van der Waals surface area contributed by atoms with Gasteiger partial charge in [-0.05, 0) is 56.1 Å². The Kier molecular flexibility index (Phi) is 6.13. The van der Waals surface area contributed by atoms with E-state index in [2.05, 4.69) is 30.0 Å². The highest BCUT2D eigenvalue weighted by Gasteiger charge is 2.42. The molecule has 3 rings (SSSR count). The molecule has 1 amide bonds. The minimum atomic E-state index is 0.239. The SMILES string of the molecule is CCOC[C@H]1CC2(CCN(C(=O)CCc3ccccc3C)CC2)CO1. The van der Waals surface area contributed by atoms with Crippen molar-refractivity contribution in [1.82, 2.24) is 4.90 Å². The second kappa shape index (κ2) is 8.33. The van der Waals surface area contributed by atoms with Crippen LogP contribution in [-0.4, -0.2) is 49.8 Å². The Morgan fingerprint density at radius 1 is 1.32 bits per heavy atom. The minimum absolute atomic E-state index is 0.239. The normalized spacial score (nSPS) is 22.5. The molecular weight excluding hydrogens is 314 g/mol. The van der Waals surface area contributed by atoms with E-state index < -0.39 is 0 Å². The van der Waals surface area contributed by atoms with Crippen LogP contribution >= 0.6 is 0 Å². The number of likely N-dealkylation sites (tertiary alicyclic amines) is 1. The van der Waals surface area contributed by atoms with Crippen molar-refractivity contribution in [2.24, 2.45) is 5.41 Å². The van der Waals surface area contributed by atoms with Crippen molar-refractivity contribution in [2.45, 2.75) is 52.1 Å². The molecule has 0 unspecified atom stereocenters. The van der Waals surface area contributed by atoms with Crippen molar-refractivity contribution in [3.63, 3.8) is 0 Å². The lowest BCUT2D eigenvalue weighted by atomic mass is 9.76. The molecule has 2 aliphatic heterocycles. The molecule has 2 heterocycles. The minimum Gasteiger partial charge on any atom is -0.379 e. The van der Waals surface area contributed by atoms with E-state index in [1.54, 1.807) is 0 Å². The van der Waals surface area contributed by atoms with Gasteiger partial charge >= 0.3 is 0 Å². The Labute approximate surface area is 151 Å². The number of carbonyl (C=O) groups is 1. The molecule has 4 heteroatoms. The number of ether oxygens (including phenoxy) is 2. The lowest BCUT2D eigenvalue weighted by Crippen LogP contribution is -2.43. The van der Waals surface area contributed by atoms with Crippen LogP contribution in [0.3, 0.4) is 0 Å². The van der Waals surface area contributed by atoms with Gasteiger partial charge in [0.2, 0.25) is 5.91 Å². The first-order valence-corrected chi connectivity index (χ1v) is 9.63. The van der Waals surface area contributed by atoms with Crippen molar-refractivity contribution in [1.29, 1.82) is 0 Å². The average Bonchev–Trinajstić information content (AvgIpc) is 3.02. The van der Waals surface area contributed by atoms with Gasteiger partial charge in [-0.15, -0.1) is 0 Å². The molecule has 1 atom stereocenters. The van der Waals surface area contributed by atoms with E-state index in [1.165, 1.54) is 11.1 Å². The number of rotatable bonds is 6. The van der Waals surface area contributed by atoms with Crippen molar-refractivity contribution < 1.29 is 14.3 Å². The summed E-state index contributed by atoms with van der Waals surface area (Å²) in [6, 6.07) is 8.34. The highest BCUT2D eigenvalue weighted by molar-refractivity contribution is 5.76. The van der Waals surface area contributed by atoms with Crippen molar-refractivity contribution in [2.75, 3.05) is 32.9 Å². The van der Waals surface area contributed by atoms with E-state index in [9.17, 15) is 4.79 Å². The third-order valence-electron chi connectivity index (χ3n) is 5.84. The second-order valence-electron chi connectivity index (χ2n) is 7.60. The van der Waals surface area contributed by atoms with Gasteiger partial charge in [0.25, 0.3) is 0 Å². The molecule has 2 aliphatic rings. The van der Waals surface area contributed by atoms with Crippen molar-refractivity contribution >= 4 is 5.91 Å². The summed E-state index contributed by atoms with van der Waals surface area (Å²) in [5.74, 6) is 0.294. The smallest absolute Gasteiger partial charge is 0.222 e. The highest BCUT2D eigenvalue weighted by Crippen LogP contribution is 2.42. The van der Waals surface area contributed by atoms with E-state index in [1.807, 2.05) is 13.0 Å². The molecular formula is C21H31NO3. The first kappa shape index (κ1) is 18.4. The summed E-state index contributed by atoms with van der Waals surface area (Å²) in [6.45, 7) is 8.16. The molecule has 0 aromatic heterocycles. The summed E-state index contributed by atoms with van der Waals surface area (Å²) >= 11 is 0. The number of hydrogen-bond acceptors (Lipinski definition) is 3. The summed E-state index contributed by atoms with van der Waals surface area (Å²) in [4.78, 5) is 14.6. The molecule has 138 valence electrons. The van der Waals surface area contributed by atoms with Gasteiger partial charge in [0.15, 0.2) is 0 Å². The van der Waals surface area contributed by atoms with Crippen LogP contribution < -0.4 is 0 Å². The van der Waals surface area contributed by atoms with E-state index in [-0.39, 0.29) is 11.5 Å². The number of piperidine rings is 1. The first-order chi connectivity index (χ1) is 12.1. The Bertz CT molecular complexity index is 578. The van der Waals surface area contributed by atoms with Crippen LogP contribution in [0.15, 0.2) is 24.3 Å². The largest absolute Gasteiger partial charge is 0.379 e. The van der Waals surface area contributed by atoms with E-state index in [4.69, 9.17) is 9.47 Å². The van der Waals surface area contributed by atoms with E-state index >= 15 is 0 Å². The predicted molar refractivity (Wildman–Crippen MR) is 98.6 cm³/mol. The Balaban J connectivity index is 1.44. The molecule has 0 saturated carbocycles. The lowest BCUT2D eigenvalue weighted by Gasteiger charge is -2.38. The van der Waals surface area contributed by atoms with E-state index in [0.29, 0.717) is 18.9 Å². The van der Waals surface area contributed by atoms with Gasteiger partial charge in [0, 0.05) is 26.1 Å². The maximum Gasteiger partial charge on any atom is 0.222 e.